The SMILES string of the molecule is CCOc1c(Cl)cc(C(=O)NC(CN2CCOCC2)c2ccccc2)cc1OC. The smallest absolute Gasteiger partial charge is 0.252 e. The van der Waals surface area contributed by atoms with Gasteiger partial charge in [-0.2, -0.15) is 0 Å². The number of carbonyl (C=O) groups excluding carboxylic acids is 1. The van der Waals surface area contributed by atoms with E-state index in [2.05, 4.69) is 10.2 Å². The summed E-state index contributed by atoms with van der Waals surface area (Å²) in [5, 5.41) is 3.50. The van der Waals surface area contributed by atoms with Gasteiger partial charge in [-0.3, -0.25) is 9.69 Å². The maximum atomic E-state index is 13.1. The zero-order valence-electron chi connectivity index (χ0n) is 16.8. The Morgan fingerprint density at radius 3 is 2.62 bits per heavy atom. The number of hydrogen-bond acceptors (Lipinski definition) is 5. The maximum absolute atomic E-state index is 13.1. The first kappa shape index (κ1) is 21.4. The van der Waals surface area contributed by atoms with E-state index < -0.39 is 0 Å². The molecule has 0 bridgehead atoms. The molecule has 0 aromatic heterocycles. The highest BCUT2D eigenvalue weighted by Crippen LogP contribution is 2.36. The van der Waals surface area contributed by atoms with Crippen LogP contribution in [0.15, 0.2) is 42.5 Å². The maximum Gasteiger partial charge on any atom is 0.252 e. The fourth-order valence-corrected chi connectivity index (χ4v) is 3.60. The van der Waals surface area contributed by atoms with E-state index in [-0.39, 0.29) is 11.9 Å². The highest BCUT2D eigenvalue weighted by Gasteiger charge is 2.22. The van der Waals surface area contributed by atoms with Crippen LogP contribution in [0.25, 0.3) is 0 Å². The number of methoxy groups -OCH3 is 1. The van der Waals surface area contributed by atoms with E-state index in [1.54, 1.807) is 12.1 Å². The zero-order chi connectivity index (χ0) is 20.6. The molecule has 3 rings (SSSR count). The number of ether oxygens (including phenoxy) is 3. The van der Waals surface area contributed by atoms with E-state index in [1.807, 2.05) is 37.3 Å². The first-order chi connectivity index (χ1) is 14.1. The lowest BCUT2D eigenvalue weighted by atomic mass is 10.0. The Morgan fingerprint density at radius 2 is 1.97 bits per heavy atom. The van der Waals surface area contributed by atoms with Gasteiger partial charge in [0.2, 0.25) is 0 Å². The summed E-state index contributed by atoms with van der Waals surface area (Å²) >= 11 is 6.34. The van der Waals surface area contributed by atoms with E-state index in [0.717, 1.165) is 18.7 Å². The van der Waals surface area contributed by atoms with E-state index in [4.69, 9.17) is 25.8 Å². The highest BCUT2D eigenvalue weighted by molar-refractivity contribution is 6.32. The quantitative estimate of drug-likeness (QED) is 0.710. The summed E-state index contributed by atoms with van der Waals surface area (Å²) in [6, 6.07) is 13.1. The molecule has 1 aliphatic heterocycles. The van der Waals surface area contributed by atoms with E-state index >= 15 is 0 Å². The number of rotatable bonds is 8. The number of morpholine rings is 1. The molecule has 1 atom stereocenters. The monoisotopic (exact) mass is 418 g/mol. The highest BCUT2D eigenvalue weighted by atomic mass is 35.5. The summed E-state index contributed by atoms with van der Waals surface area (Å²) in [5.41, 5.74) is 1.48. The number of nitrogens with zero attached hydrogens (tertiary/aromatic N) is 1. The topological polar surface area (TPSA) is 60.0 Å². The molecule has 0 saturated carbocycles. The van der Waals surface area contributed by atoms with Gasteiger partial charge < -0.3 is 19.5 Å². The predicted octanol–water partition coefficient (Wildman–Crippen LogP) is 3.55. The molecule has 7 heteroatoms. The van der Waals surface area contributed by atoms with Crippen molar-refractivity contribution in [2.45, 2.75) is 13.0 Å². The third kappa shape index (κ3) is 5.63. The van der Waals surface area contributed by atoms with Crippen molar-refractivity contribution in [3.05, 3.63) is 58.6 Å². The summed E-state index contributed by atoms with van der Waals surface area (Å²) < 4.78 is 16.3. The zero-order valence-corrected chi connectivity index (χ0v) is 17.6. The van der Waals surface area contributed by atoms with Gasteiger partial charge in [-0.25, -0.2) is 0 Å². The van der Waals surface area contributed by atoms with Gasteiger partial charge in [0.05, 0.1) is 38.0 Å². The van der Waals surface area contributed by atoms with Crippen molar-refractivity contribution >= 4 is 17.5 Å². The average molecular weight is 419 g/mol. The molecule has 1 heterocycles. The van der Waals surface area contributed by atoms with Crippen LogP contribution in [0.3, 0.4) is 0 Å². The van der Waals surface area contributed by atoms with Crippen LogP contribution < -0.4 is 14.8 Å². The van der Waals surface area contributed by atoms with Gasteiger partial charge in [-0.1, -0.05) is 41.9 Å². The van der Waals surface area contributed by atoms with Gasteiger partial charge in [-0.15, -0.1) is 0 Å². The summed E-state index contributed by atoms with van der Waals surface area (Å²) in [7, 11) is 1.53. The number of halogens is 1. The molecule has 29 heavy (non-hydrogen) atoms. The van der Waals surface area contributed by atoms with Crippen molar-refractivity contribution in [1.82, 2.24) is 10.2 Å². The summed E-state index contributed by atoms with van der Waals surface area (Å²) in [5.74, 6) is 0.672. The summed E-state index contributed by atoms with van der Waals surface area (Å²) in [4.78, 5) is 15.3. The Balaban J connectivity index is 1.81. The normalized spacial score (nSPS) is 15.6. The van der Waals surface area contributed by atoms with Gasteiger partial charge in [0.15, 0.2) is 11.5 Å². The van der Waals surface area contributed by atoms with Crippen molar-refractivity contribution < 1.29 is 19.0 Å². The Kier molecular flexibility index (Phi) is 7.75. The lowest BCUT2D eigenvalue weighted by molar-refractivity contribution is 0.0332. The Bertz CT molecular complexity index is 810. The number of carbonyl (C=O) groups is 1. The van der Waals surface area contributed by atoms with Gasteiger partial charge in [0.25, 0.3) is 5.91 Å². The standard InChI is InChI=1S/C22H27ClN2O4/c1-3-29-21-18(23)13-17(14-20(21)27-2)22(26)24-19(16-7-5-4-6-8-16)15-25-9-11-28-12-10-25/h4-8,13-14,19H,3,9-12,15H2,1-2H3,(H,24,26). The van der Waals surface area contributed by atoms with Gasteiger partial charge in [0, 0.05) is 25.2 Å². The molecule has 1 unspecified atom stereocenters. The summed E-state index contributed by atoms with van der Waals surface area (Å²) in [6.07, 6.45) is 0. The molecule has 1 saturated heterocycles. The molecule has 2 aromatic rings. The number of hydrogen-bond donors (Lipinski definition) is 1. The third-order valence-electron chi connectivity index (χ3n) is 4.83. The first-order valence-corrected chi connectivity index (χ1v) is 10.2. The largest absolute Gasteiger partial charge is 0.493 e. The van der Waals surface area contributed by atoms with Crippen LogP contribution in [-0.4, -0.2) is 57.4 Å². The minimum Gasteiger partial charge on any atom is -0.493 e. The van der Waals surface area contributed by atoms with Gasteiger partial charge in [-0.05, 0) is 24.6 Å². The van der Waals surface area contributed by atoms with Crippen LogP contribution >= 0.6 is 11.6 Å². The molecule has 6 nitrogen and oxygen atoms in total. The average Bonchev–Trinajstić information content (AvgIpc) is 2.76. The number of benzene rings is 2. The molecule has 1 amide bonds. The van der Waals surface area contributed by atoms with Crippen LogP contribution in [0.2, 0.25) is 5.02 Å². The van der Waals surface area contributed by atoms with Crippen LogP contribution in [0.4, 0.5) is 0 Å². The molecule has 0 spiro atoms. The minimum atomic E-state index is -0.213. The predicted molar refractivity (Wildman–Crippen MR) is 113 cm³/mol. The Hall–Kier alpha value is -2.28. The lowest BCUT2D eigenvalue weighted by Crippen LogP contribution is -2.43. The lowest BCUT2D eigenvalue weighted by Gasteiger charge is -2.31. The fraction of sp³-hybridized carbons (Fsp3) is 0.409. The van der Waals surface area contributed by atoms with Crippen molar-refractivity contribution in [2.75, 3.05) is 46.6 Å². The van der Waals surface area contributed by atoms with Crippen molar-refractivity contribution in [1.29, 1.82) is 0 Å². The number of nitrogens with one attached hydrogen (secondary N) is 1. The molecule has 2 aromatic carbocycles. The molecule has 1 N–H and O–H groups in total. The molecule has 1 fully saturated rings. The minimum absolute atomic E-state index is 0.155. The summed E-state index contributed by atoms with van der Waals surface area (Å²) in [6.45, 7) is 6.15. The molecule has 156 valence electrons. The van der Waals surface area contributed by atoms with Crippen molar-refractivity contribution in [3.63, 3.8) is 0 Å². The molecule has 0 radical (unpaired) electrons. The van der Waals surface area contributed by atoms with Crippen molar-refractivity contribution in [3.8, 4) is 11.5 Å². The second kappa shape index (κ2) is 10.5. The Labute approximate surface area is 176 Å². The van der Waals surface area contributed by atoms with E-state index in [0.29, 0.717) is 48.5 Å². The van der Waals surface area contributed by atoms with Gasteiger partial charge in [0.1, 0.15) is 0 Å². The van der Waals surface area contributed by atoms with Crippen molar-refractivity contribution in [2.24, 2.45) is 0 Å². The van der Waals surface area contributed by atoms with E-state index in [1.165, 1.54) is 7.11 Å². The molecular weight excluding hydrogens is 392 g/mol. The van der Waals surface area contributed by atoms with Crippen LogP contribution in [0.5, 0.6) is 11.5 Å². The van der Waals surface area contributed by atoms with Gasteiger partial charge >= 0.3 is 0 Å². The first-order valence-electron chi connectivity index (χ1n) is 9.78. The second-order valence-corrected chi connectivity index (χ2v) is 7.18. The molecular formula is C22H27ClN2O4. The van der Waals surface area contributed by atoms with Crippen LogP contribution in [0, 0.1) is 0 Å². The van der Waals surface area contributed by atoms with E-state index in [9.17, 15) is 4.79 Å². The Morgan fingerprint density at radius 1 is 1.24 bits per heavy atom. The fourth-order valence-electron chi connectivity index (χ4n) is 3.34. The second-order valence-electron chi connectivity index (χ2n) is 6.77. The van der Waals surface area contributed by atoms with Crippen LogP contribution in [0.1, 0.15) is 28.9 Å². The van der Waals surface area contributed by atoms with Crippen LogP contribution in [-0.2, 0) is 4.74 Å². The molecule has 0 aliphatic carbocycles. The number of amides is 1. The molecule has 1 aliphatic rings. The third-order valence-corrected chi connectivity index (χ3v) is 5.11.